The van der Waals surface area contributed by atoms with Crippen LogP contribution < -0.4 is 9.62 Å². The monoisotopic (exact) mass is 387 g/mol. The first-order chi connectivity index (χ1) is 10.3. The molecule has 0 radical (unpaired) electrons. The van der Waals surface area contributed by atoms with Gasteiger partial charge in [-0.2, -0.15) is 0 Å². The van der Waals surface area contributed by atoms with Gasteiger partial charge in [-0.1, -0.05) is 27.2 Å². The number of nitrogens with one attached hydrogen (secondary N) is 1. The van der Waals surface area contributed by atoms with Crippen molar-refractivity contribution in [3.63, 3.8) is 0 Å². The molecule has 1 aromatic heterocycles. The van der Waals surface area contributed by atoms with Gasteiger partial charge in [0.1, 0.15) is 12.3 Å². The maximum Gasteiger partial charge on any atom is 0.245 e. The van der Waals surface area contributed by atoms with Gasteiger partial charge in [-0.25, -0.2) is 12.7 Å². The molecule has 0 aliphatic rings. The van der Waals surface area contributed by atoms with Crippen LogP contribution in [-0.2, 0) is 14.8 Å². The molecule has 0 fully saturated rings. The Morgan fingerprint density at radius 2 is 2.14 bits per heavy atom. The number of halogens is 1. The minimum atomic E-state index is -3.66. The van der Waals surface area contributed by atoms with E-state index in [0.29, 0.717) is 11.4 Å². The van der Waals surface area contributed by atoms with Gasteiger partial charge < -0.3 is 9.84 Å². The lowest BCUT2D eigenvalue weighted by molar-refractivity contribution is -0.114. The Kier molecular flexibility index (Phi) is 4.87. The standard InChI is InChI=1S/C13H14BrN3O4S/c1-9-6-12(16-21-9)17(22(2,19)20)8-13(18)15-11-5-3-4-10(14)7-11/h3-7H,8H2,1-2H3,(H,15,18). The smallest absolute Gasteiger partial charge is 0.245 e. The average molecular weight is 388 g/mol. The summed E-state index contributed by atoms with van der Waals surface area (Å²) in [7, 11) is -3.66. The van der Waals surface area contributed by atoms with Gasteiger partial charge in [0.25, 0.3) is 0 Å². The molecule has 118 valence electrons. The first-order valence-electron chi connectivity index (χ1n) is 6.22. The largest absolute Gasteiger partial charge is 0.360 e. The van der Waals surface area contributed by atoms with Crippen molar-refractivity contribution in [3.8, 4) is 0 Å². The molecule has 0 bridgehead atoms. The van der Waals surface area contributed by atoms with Gasteiger partial charge in [0, 0.05) is 16.2 Å². The van der Waals surface area contributed by atoms with Crippen molar-refractivity contribution in [1.29, 1.82) is 0 Å². The molecular weight excluding hydrogens is 374 g/mol. The zero-order chi connectivity index (χ0) is 16.3. The number of carbonyl (C=O) groups excluding carboxylic acids is 1. The fraction of sp³-hybridized carbons (Fsp3) is 0.231. The molecule has 9 heteroatoms. The maximum absolute atomic E-state index is 12.1. The molecule has 0 saturated heterocycles. The number of benzene rings is 1. The van der Waals surface area contributed by atoms with Gasteiger partial charge in [0.2, 0.25) is 15.9 Å². The van der Waals surface area contributed by atoms with E-state index >= 15 is 0 Å². The van der Waals surface area contributed by atoms with E-state index in [4.69, 9.17) is 4.52 Å². The van der Waals surface area contributed by atoms with Crippen LogP contribution in [0.4, 0.5) is 11.5 Å². The Morgan fingerprint density at radius 3 is 2.68 bits per heavy atom. The second-order valence-electron chi connectivity index (χ2n) is 4.62. The number of aryl methyl sites for hydroxylation is 1. The van der Waals surface area contributed by atoms with Gasteiger partial charge in [0.05, 0.1) is 6.26 Å². The summed E-state index contributed by atoms with van der Waals surface area (Å²) in [6.07, 6.45) is 1.00. The third-order valence-electron chi connectivity index (χ3n) is 2.67. The van der Waals surface area contributed by atoms with Gasteiger partial charge >= 0.3 is 0 Å². The molecule has 1 N–H and O–H groups in total. The lowest BCUT2D eigenvalue weighted by Gasteiger charge is -2.18. The number of amides is 1. The van der Waals surface area contributed by atoms with Crippen LogP contribution in [0.5, 0.6) is 0 Å². The number of carbonyl (C=O) groups is 1. The molecule has 7 nitrogen and oxygen atoms in total. The van der Waals surface area contributed by atoms with Crippen molar-refractivity contribution in [1.82, 2.24) is 5.16 Å². The number of sulfonamides is 1. The van der Waals surface area contributed by atoms with E-state index < -0.39 is 22.5 Å². The van der Waals surface area contributed by atoms with Gasteiger partial charge in [-0.3, -0.25) is 4.79 Å². The van der Waals surface area contributed by atoms with Crippen molar-refractivity contribution >= 4 is 43.4 Å². The third kappa shape index (κ3) is 4.31. The molecule has 0 aliphatic carbocycles. The number of rotatable bonds is 5. The molecule has 1 amide bonds. The van der Waals surface area contributed by atoms with E-state index in [2.05, 4.69) is 26.4 Å². The van der Waals surface area contributed by atoms with E-state index in [1.54, 1.807) is 25.1 Å². The number of hydrogen-bond donors (Lipinski definition) is 1. The molecule has 2 aromatic rings. The highest BCUT2D eigenvalue weighted by molar-refractivity contribution is 9.10. The number of anilines is 2. The summed E-state index contributed by atoms with van der Waals surface area (Å²) in [5, 5.41) is 6.27. The summed E-state index contributed by atoms with van der Waals surface area (Å²) in [5.74, 6) is 0.0459. The average Bonchev–Trinajstić information content (AvgIpc) is 2.81. The van der Waals surface area contributed by atoms with Crippen LogP contribution in [0.15, 0.2) is 39.3 Å². The van der Waals surface area contributed by atoms with Crippen LogP contribution >= 0.6 is 15.9 Å². The van der Waals surface area contributed by atoms with Crippen molar-refractivity contribution in [2.24, 2.45) is 0 Å². The van der Waals surface area contributed by atoms with Crippen LogP contribution in [0, 0.1) is 6.92 Å². The second kappa shape index (κ2) is 6.49. The summed E-state index contributed by atoms with van der Waals surface area (Å²) in [6.45, 7) is 1.25. The molecule has 22 heavy (non-hydrogen) atoms. The zero-order valence-corrected chi connectivity index (χ0v) is 14.3. The molecule has 1 aromatic carbocycles. The van der Waals surface area contributed by atoms with E-state index in [1.165, 1.54) is 6.07 Å². The highest BCUT2D eigenvalue weighted by Gasteiger charge is 2.23. The summed E-state index contributed by atoms with van der Waals surface area (Å²) in [6, 6.07) is 8.44. The fourth-order valence-electron chi connectivity index (χ4n) is 1.74. The first kappa shape index (κ1) is 16.5. The van der Waals surface area contributed by atoms with Crippen molar-refractivity contribution < 1.29 is 17.7 Å². The van der Waals surface area contributed by atoms with Gasteiger partial charge in [0.15, 0.2) is 5.82 Å². The second-order valence-corrected chi connectivity index (χ2v) is 7.45. The lowest BCUT2D eigenvalue weighted by Crippen LogP contribution is -2.37. The van der Waals surface area contributed by atoms with E-state index in [-0.39, 0.29) is 5.82 Å². The molecule has 0 saturated carbocycles. The highest BCUT2D eigenvalue weighted by atomic mass is 79.9. The minimum absolute atomic E-state index is 0.0735. The van der Waals surface area contributed by atoms with E-state index in [9.17, 15) is 13.2 Å². The minimum Gasteiger partial charge on any atom is -0.360 e. The van der Waals surface area contributed by atoms with Gasteiger partial charge in [-0.15, -0.1) is 0 Å². The molecular formula is C13H14BrN3O4S. The Labute approximate surface area is 136 Å². The summed E-state index contributed by atoms with van der Waals surface area (Å²) in [4.78, 5) is 12.1. The van der Waals surface area contributed by atoms with Crippen molar-refractivity contribution in [2.45, 2.75) is 6.92 Å². The molecule has 2 rings (SSSR count). The van der Waals surface area contributed by atoms with Crippen LogP contribution in [0.2, 0.25) is 0 Å². The van der Waals surface area contributed by atoms with Crippen molar-refractivity contribution in [2.75, 3.05) is 22.4 Å². The quantitative estimate of drug-likeness (QED) is 0.848. The number of nitrogens with zero attached hydrogens (tertiary/aromatic N) is 2. The Bertz CT molecular complexity index is 788. The molecule has 0 aliphatic heterocycles. The normalized spacial score (nSPS) is 11.2. The topological polar surface area (TPSA) is 92.5 Å². The van der Waals surface area contributed by atoms with E-state index in [0.717, 1.165) is 15.0 Å². The molecule has 0 unspecified atom stereocenters. The zero-order valence-electron chi connectivity index (χ0n) is 11.9. The maximum atomic E-state index is 12.1. The predicted molar refractivity (Wildman–Crippen MR) is 86.2 cm³/mol. The van der Waals surface area contributed by atoms with Crippen LogP contribution in [0.3, 0.4) is 0 Å². The Balaban J connectivity index is 2.16. The van der Waals surface area contributed by atoms with Crippen molar-refractivity contribution in [3.05, 3.63) is 40.6 Å². The lowest BCUT2D eigenvalue weighted by atomic mass is 10.3. The van der Waals surface area contributed by atoms with Crippen LogP contribution in [0.1, 0.15) is 5.76 Å². The summed E-state index contributed by atoms with van der Waals surface area (Å²) >= 11 is 3.29. The first-order valence-corrected chi connectivity index (χ1v) is 8.86. The van der Waals surface area contributed by atoms with E-state index in [1.807, 2.05) is 6.07 Å². The number of aromatic nitrogens is 1. The van der Waals surface area contributed by atoms with Crippen LogP contribution in [0.25, 0.3) is 0 Å². The molecule has 0 atom stereocenters. The van der Waals surface area contributed by atoms with Crippen LogP contribution in [-0.4, -0.2) is 32.3 Å². The summed E-state index contributed by atoms with van der Waals surface area (Å²) in [5.41, 5.74) is 0.559. The number of hydrogen-bond acceptors (Lipinski definition) is 5. The summed E-state index contributed by atoms with van der Waals surface area (Å²) < 4.78 is 30.2. The molecule has 1 heterocycles. The SMILES string of the molecule is Cc1cc(N(CC(=O)Nc2cccc(Br)c2)S(C)(=O)=O)no1. The third-order valence-corrected chi connectivity index (χ3v) is 4.28. The van der Waals surface area contributed by atoms with Gasteiger partial charge in [-0.05, 0) is 25.1 Å². The fourth-order valence-corrected chi connectivity index (χ4v) is 2.91. The Morgan fingerprint density at radius 1 is 1.41 bits per heavy atom. The Hall–Kier alpha value is -1.87. The molecule has 0 spiro atoms. The predicted octanol–water partition coefficient (Wildman–Crippen LogP) is 2.15. The highest BCUT2D eigenvalue weighted by Crippen LogP contribution is 2.18.